The fourth-order valence-corrected chi connectivity index (χ4v) is 1.77. The molecule has 1 aliphatic heterocycles. The SMILES string of the molecule is O=C(O)c1cc(NCC2CCC=CO2)ccc1F. The molecule has 0 bridgehead atoms. The zero-order valence-corrected chi connectivity index (χ0v) is 9.73. The van der Waals surface area contributed by atoms with Crippen LogP contribution in [0.3, 0.4) is 0 Å². The molecule has 0 saturated carbocycles. The first kappa shape index (κ1) is 12.4. The standard InChI is InChI=1S/C13H14FNO3/c14-12-5-4-9(7-11(12)13(16)17)15-8-10-3-1-2-6-18-10/h2,4-7,10,15H,1,3,8H2,(H,16,17). The summed E-state index contributed by atoms with van der Waals surface area (Å²) in [6.07, 6.45) is 5.57. The van der Waals surface area contributed by atoms with E-state index in [2.05, 4.69) is 5.32 Å². The Morgan fingerprint density at radius 1 is 1.56 bits per heavy atom. The highest BCUT2D eigenvalue weighted by molar-refractivity contribution is 5.89. The lowest BCUT2D eigenvalue weighted by Gasteiger charge is -2.20. The molecule has 0 amide bonds. The first-order valence-electron chi connectivity index (χ1n) is 5.74. The average Bonchev–Trinajstić information content (AvgIpc) is 2.38. The fourth-order valence-electron chi connectivity index (χ4n) is 1.77. The Morgan fingerprint density at radius 3 is 3.06 bits per heavy atom. The predicted octanol–water partition coefficient (Wildman–Crippen LogP) is 2.63. The van der Waals surface area contributed by atoms with Gasteiger partial charge in [-0.3, -0.25) is 0 Å². The van der Waals surface area contributed by atoms with Gasteiger partial charge in [0.05, 0.1) is 18.4 Å². The summed E-state index contributed by atoms with van der Waals surface area (Å²) in [6, 6.07) is 3.95. The number of ether oxygens (including phenoxy) is 1. The van der Waals surface area contributed by atoms with Gasteiger partial charge in [0.15, 0.2) is 0 Å². The molecule has 0 fully saturated rings. The van der Waals surface area contributed by atoms with Gasteiger partial charge in [-0.05, 0) is 37.1 Å². The van der Waals surface area contributed by atoms with Crippen molar-refractivity contribution in [1.29, 1.82) is 0 Å². The number of rotatable bonds is 4. The molecule has 0 spiro atoms. The summed E-state index contributed by atoms with van der Waals surface area (Å²) in [7, 11) is 0. The summed E-state index contributed by atoms with van der Waals surface area (Å²) in [5.74, 6) is -2.00. The van der Waals surface area contributed by atoms with E-state index in [1.165, 1.54) is 12.1 Å². The van der Waals surface area contributed by atoms with Gasteiger partial charge in [-0.25, -0.2) is 9.18 Å². The van der Waals surface area contributed by atoms with Gasteiger partial charge in [-0.2, -0.15) is 0 Å². The molecule has 5 heteroatoms. The van der Waals surface area contributed by atoms with Crippen molar-refractivity contribution in [2.45, 2.75) is 18.9 Å². The monoisotopic (exact) mass is 251 g/mol. The molecular formula is C13H14FNO3. The average molecular weight is 251 g/mol. The highest BCUT2D eigenvalue weighted by Crippen LogP contribution is 2.16. The zero-order valence-electron chi connectivity index (χ0n) is 9.73. The van der Waals surface area contributed by atoms with Crippen molar-refractivity contribution < 1.29 is 19.0 Å². The highest BCUT2D eigenvalue weighted by atomic mass is 19.1. The van der Waals surface area contributed by atoms with Crippen LogP contribution < -0.4 is 5.32 Å². The van der Waals surface area contributed by atoms with Gasteiger partial charge >= 0.3 is 5.97 Å². The molecule has 1 atom stereocenters. The molecule has 18 heavy (non-hydrogen) atoms. The Balaban J connectivity index is 1.99. The molecule has 0 radical (unpaired) electrons. The summed E-state index contributed by atoms with van der Waals surface area (Å²) >= 11 is 0. The number of allylic oxidation sites excluding steroid dienone is 1. The highest BCUT2D eigenvalue weighted by Gasteiger charge is 2.13. The Kier molecular flexibility index (Phi) is 3.82. The summed E-state index contributed by atoms with van der Waals surface area (Å²) in [4.78, 5) is 10.8. The van der Waals surface area contributed by atoms with Gasteiger partial charge in [0.1, 0.15) is 11.9 Å². The van der Waals surface area contributed by atoms with Crippen LogP contribution in [0, 0.1) is 5.82 Å². The molecule has 1 unspecified atom stereocenters. The van der Waals surface area contributed by atoms with Crippen LogP contribution in [0.2, 0.25) is 0 Å². The number of carboxylic acid groups (broad SMARTS) is 1. The molecule has 4 nitrogen and oxygen atoms in total. The largest absolute Gasteiger partial charge is 0.497 e. The summed E-state index contributed by atoms with van der Waals surface area (Å²) in [5.41, 5.74) is 0.247. The lowest BCUT2D eigenvalue weighted by atomic mass is 10.1. The van der Waals surface area contributed by atoms with Crippen LogP contribution in [-0.2, 0) is 4.74 Å². The Labute approximate surface area is 104 Å². The number of carboxylic acids is 1. The van der Waals surface area contributed by atoms with Crippen molar-refractivity contribution >= 4 is 11.7 Å². The minimum Gasteiger partial charge on any atom is -0.497 e. The molecule has 0 aliphatic carbocycles. The van der Waals surface area contributed by atoms with E-state index in [0.717, 1.165) is 18.9 Å². The maximum absolute atomic E-state index is 13.2. The van der Waals surface area contributed by atoms with E-state index in [4.69, 9.17) is 9.84 Å². The number of nitrogens with one attached hydrogen (secondary N) is 1. The number of hydrogen-bond acceptors (Lipinski definition) is 3. The topological polar surface area (TPSA) is 58.6 Å². The maximum Gasteiger partial charge on any atom is 0.338 e. The minimum atomic E-state index is -1.27. The Morgan fingerprint density at radius 2 is 2.39 bits per heavy atom. The first-order valence-corrected chi connectivity index (χ1v) is 5.74. The number of aromatic carboxylic acids is 1. The predicted molar refractivity (Wildman–Crippen MR) is 65.1 cm³/mol. The van der Waals surface area contributed by atoms with Crippen LogP contribution in [0.5, 0.6) is 0 Å². The lowest BCUT2D eigenvalue weighted by Crippen LogP contribution is -2.23. The van der Waals surface area contributed by atoms with Crippen molar-refractivity contribution in [3.63, 3.8) is 0 Å². The van der Waals surface area contributed by atoms with Crippen molar-refractivity contribution in [2.24, 2.45) is 0 Å². The molecule has 1 aromatic carbocycles. The smallest absolute Gasteiger partial charge is 0.338 e. The third kappa shape index (κ3) is 3.00. The zero-order chi connectivity index (χ0) is 13.0. The van der Waals surface area contributed by atoms with Gasteiger partial charge in [0, 0.05) is 5.69 Å². The van der Waals surface area contributed by atoms with Crippen LogP contribution >= 0.6 is 0 Å². The molecule has 2 N–H and O–H groups in total. The van der Waals surface area contributed by atoms with E-state index in [1.54, 1.807) is 6.26 Å². The maximum atomic E-state index is 13.2. The van der Waals surface area contributed by atoms with Crippen LogP contribution in [0.25, 0.3) is 0 Å². The van der Waals surface area contributed by atoms with Crippen LogP contribution in [-0.4, -0.2) is 23.7 Å². The molecule has 96 valence electrons. The van der Waals surface area contributed by atoms with Crippen molar-refractivity contribution in [3.8, 4) is 0 Å². The van der Waals surface area contributed by atoms with Crippen LogP contribution in [0.1, 0.15) is 23.2 Å². The van der Waals surface area contributed by atoms with E-state index in [1.807, 2.05) is 6.08 Å². The molecule has 2 rings (SSSR count). The molecule has 1 aromatic rings. The second kappa shape index (κ2) is 5.53. The minimum absolute atomic E-state index is 0.0633. The van der Waals surface area contributed by atoms with Crippen LogP contribution in [0.15, 0.2) is 30.5 Å². The molecule has 1 aliphatic rings. The third-order valence-electron chi connectivity index (χ3n) is 2.75. The second-order valence-electron chi connectivity index (χ2n) is 4.09. The molecule has 1 heterocycles. The number of benzene rings is 1. The van der Waals surface area contributed by atoms with Crippen molar-refractivity contribution in [1.82, 2.24) is 0 Å². The van der Waals surface area contributed by atoms with Gasteiger partial charge in [0.2, 0.25) is 0 Å². The van der Waals surface area contributed by atoms with E-state index in [9.17, 15) is 9.18 Å². The molecule has 0 saturated heterocycles. The number of carbonyl (C=O) groups is 1. The number of halogens is 1. The Hall–Kier alpha value is -2.04. The van der Waals surface area contributed by atoms with Crippen molar-refractivity contribution in [3.05, 3.63) is 41.9 Å². The third-order valence-corrected chi connectivity index (χ3v) is 2.75. The molecule has 0 aromatic heterocycles. The quantitative estimate of drug-likeness (QED) is 0.863. The van der Waals surface area contributed by atoms with Gasteiger partial charge in [-0.15, -0.1) is 0 Å². The van der Waals surface area contributed by atoms with E-state index < -0.39 is 11.8 Å². The first-order chi connectivity index (χ1) is 8.66. The second-order valence-corrected chi connectivity index (χ2v) is 4.09. The lowest BCUT2D eigenvalue weighted by molar-refractivity contribution is 0.0692. The Bertz CT molecular complexity index is 473. The normalized spacial score (nSPS) is 18.2. The van der Waals surface area contributed by atoms with E-state index >= 15 is 0 Å². The number of hydrogen-bond donors (Lipinski definition) is 2. The van der Waals surface area contributed by atoms with E-state index in [0.29, 0.717) is 12.2 Å². The summed E-state index contributed by atoms with van der Waals surface area (Å²) in [6.45, 7) is 0.565. The molecular weight excluding hydrogens is 237 g/mol. The fraction of sp³-hybridized carbons (Fsp3) is 0.308. The van der Waals surface area contributed by atoms with Gasteiger partial charge in [0.25, 0.3) is 0 Å². The van der Waals surface area contributed by atoms with E-state index in [-0.39, 0.29) is 11.7 Å². The van der Waals surface area contributed by atoms with Gasteiger partial charge in [-0.1, -0.05) is 0 Å². The van der Waals surface area contributed by atoms with Gasteiger partial charge < -0.3 is 15.2 Å². The number of anilines is 1. The van der Waals surface area contributed by atoms with Crippen LogP contribution in [0.4, 0.5) is 10.1 Å². The summed E-state index contributed by atoms with van der Waals surface area (Å²) < 4.78 is 18.5. The summed E-state index contributed by atoms with van der Waals surface area (Å²) in [5, 5.41) is 11.9. The van der Waals surface area contributed by atoms with Crippen molar-refractivity contribution in [2.75, 3.05) is 11.9 Å².